The van der Waals surface area contributed by atoms with E-state index in [1.165, 1.54) is 6.92 Å². The van der Waals surface area contributed by atoms with Crippen LogP contribution in [0.1, 0.15) is 45.7 Å². The standard InChI is InChI=1S/C40H77N5O18/c1-34(39(49)40(50)42-35(2)47)63-36(3)62-9-5-4-6-38(48)41-7-10-51-12-14-53-16-18-55-20-22-57-24-26-59-28-30-61-31-29-60-27-25-58-23-21-56-19-17-54-15-13-52-11-8-45-32-37(33-46)43-44-45/h32,34,36,39-40,46,49-50H,4-31,33H2,1-3H3,(H,41,48)(H,42,47). The van der Waals surface area contributed by atoms with Crippen molar-refractivity contribution in [2.75, 3.05) is 159 Å². The molecule has 4 unspecified atom stereocenters. The molecule has 0 spiro atoms. The fraction of sp³-hybridized carbons (Fsp3) is 0.900. The fourth-order valence-corrected chi connectivity index (χ4v) is 4.94. The smallest absolute Gasteiger partial charge is 0.220 e. The molecule has 0 saturated carbocycles. The Morgan fingerprint density at radius 2 is 1.03 bits per heavy atom. The molecule has 5 N–H and O–H groups in total. The molecule has 23 nitrogen and oxygen atoms in total. The van der Waals surface area contributed by atoms with Crippen LogP contribution in [0, 0.1) is 0 Å². The molecule has 1 aromatic heterocycles. The summed E-state index contributed by atoms with van der Waals surface area (Å²) in [6.07, 6.45) is -0.863. The maximum Gasteiger partial charge on any atom is 0.220 e. The van der Waals surface area contributed by atoms with Crippen molar-refractivity contribution >= 4 is 11.8 Å². The van der Waals surface area contributed by atoms with E-state index in [9.17, 15) is 19.8 Å². The monoisotopic (exact) mass is 916 g/mol. The maximum atomic E-state index is 12.0. The first-order valence-electron chi connectivity index (χ1n) is 21.7. The van der Waals surface area contributed by atoms with Crippen LogP contribution in [0.15, 0.2) is 6.20 Å². The van der Waals surface area contributed by atoms with Crippen molar-refractivity contribution < 1.29 is 86.5 Å². The summed E-state index contributed by atoms with van der Waals surface area (Å²) in [6, 6.07) is 0. The zero-order valence-corrected chi connectivity index (χ0v) is 37.7. The molecule has 1 rings (SSSR count). The van der Waals surface area contributed by atoms with E-state index in [-0.39, 0.29) is 12.5 Å². The molecule has 2 amide bonds. The summed E-state index contributed by atoms with van der Waals surface area (Å²) in [6.45, 7) is 15.8. The predicted molar refractivity (Wildman–Crippen MR) is 224 cm³/mol. The number of nitrogens with zero attached hydrogens (tertiary/aromatic N) is 3. The Morgan fingerprint density at radius 3 is 1.43 bits per heavy atom. The Balaban J connectivity index is 1.69. The molecule has 0 radical (unpaired) electrons. The van der Waals surface area contributed by atoms with Gasteiger partial charge in [0.15, 0.2) is 12.5 Å². The van der Waals surface area contributed by atoms with Crippen molar-refractivity contribution in [3.63, 3.8) is 0 Å². The van der Waals surface area contributed by atoms with Gasteiger partial charge in [-0.3, -0.25) is 9.59 Å². The van der Waals surface area contributed by atoms with Crippen LogP contribution in [-0.4, -0.2) is 225 Å². The normalized spacial score (nSPS) is 13.6. The number of aliphatic hydroxyl groups is 3. The first-order chi connectivity index (χ1) is 30.7. The average molecular weight is 916 g/mol. The molecule has 0 fully saturated rings. The molecule has 0 aliphatic rings. The van der Waals surface area contributed by atoms with E-state index < -0.39 is 30.6 Å². The Morgan fingerprint density at radius 1 is 0.619 bits per heavy atom. The second kappa shape index (κ2) is 43.3. The number of nitrogens with one attached hydrogen (secondary N) is 2. The number of amides is 2. The number of carbonyl (C=O) groups excluding carboxylic acids is 2. The molecule has 0 aliphatic carbocycles. The third kappa shape index (κ3) is 38.4. The van der Waals surface area contributed by atoms with Crippen LogP contribution in [0.2, 0.25) is 0 Å². The number of aliphatic hydroxyl groups excluding tert-OH is 3. The van der Waals surface area contributed by atoms with Gasteiger partial charge in [0.2, 0.25) is 11.8 Å². The molecule has 0 aliphatic heterocycles. The first kappa shape index (κ1) is 58.5. The van der Waals surface area contributed by atoms with E-state index in [1.807, 2.05) is 0 Å². The van der Waals surface area contributed by atoms with E-state index in [0.717, 1.165) is 0 Å². The minimum atomic E-state index is -1.44. The molecule has 1 heterocycles. The Bertz CT molecular complexity index is 1180. The number of rotatable bonds is 48. The second-order valence-electron chi connectivity index (χ2n) is 13.6. The number of hydrogen-bond acceptors (Lipinski definition) is 20. The Kier molecular flexibility index (Phi) is 40.2. The van der Waals surface area contributed by atoms with Crippen LogP contribution in [0.25, 0.3) is 0 Å². The quantitative estimate of drug-likeness (QED) is 0.0381. The van der Waals surface area contributed by atoms with Crippen molar-refractivity contribution in [1.82, 2.24) is 25.6 Å². The van der Waals surface area contributed by atoms with Crippen LogP contribution in [-0.2, 0) is 84.3 Å². The van der Waals surface area contributed by atoms with Crippen LogP contribution in [0.4, 0.5) is 0 Å². The van der Waals surface area contributed by atoms with Gasteiger partial charge in [0, 0.05) is 26.5 Å². The summed E-state index contributed by atoms with van der Waals surface area (Å²) in [7, 11) is 0. The van der Waals surface area contributed by atoms with Gasteiger partial charge in [-0.1, -0.05) is 5.21 Å². The second-order valence-corrected chi connectivity index (χ2v) is 13.6. The van der Waals surface area contributed by atoms with Gasteiger partial charge >= 0.3 is 0 Å². The number of ether oxygens (including phenoxy) is 13. The highest BCUT2D eigenvalue weighted by molar-refractivity contribution is 5.75. The van der Waals surface area contributed by atoms with Crippen molar-refractivity contribution in [1.29, 1.82) is 0 Å². The van der Waals surface area contributed by atoms with Crippen LogP contribution >= 0.6 is 0 Å². The van der Waals surface area contributed by atoms with Gasteiger partial charge in [0.25, 0.3) is 0 Å². The molecule has 23 heteroatoms. The fourth-order valence-electron chi connectivity index (χ4n) is 4.94. The van der Waals surface area contributed by atoms with Gasteiger partial charge in [0.05, 0.1) is 171 Å². The van der Waals surface area contributed by atoms with E-state index >= 15 is 0 Å². The van der Waals surface area contributed by atoms with Crippen LogP contribution in [0.3, 0.4) is 0 Å². The number of aromatic nitrogens is 3. The summed E-state index contributed by atoms with van der Waals surface area (Å²) < 4.78 is 73.0. The first-order valence-corrected chi connectivity index (χ1v) is 21.7. The van der Waals surface area contributed by atoms with Gasteiger partial charge in [-0.05, 0) is 26.7 Å². The molecule has 63 heavy (non-hydrogen) atoms. The predicted octanol–water partition coefficient (Wildman–Crippen LogP) is -1.18. The summed E-state index contributed by atoms with van der Waals surface area (Å²) >= 11 is 0. The summed E-state index contributed by atoms with van der Waals surface area (Å²) in [5.74, 6) is -0.543. The molecular formula is C40H77N5O18. The van der Waals surface area contributed by atoms with Crippen LogP contribution in [0.5, 0.6) is 0 Å². The average Bonchev–Trinajstić information content (AvgIpc) is 3.73. The minimum absolute atomic E-state index is 0.0752. The van der Waals surface area contributed by atoms with E-state index in [1.54, 1.807) is 24.7 Å². The SMILES string of the molecule is CC(=O)NC(O)C(O)C(C)OC(C)OCCCCC(=O)NCCOCCOCCOCCOCCOCCOCCOCCOCCOCCOCCOCCn1cc(CO)nn1. The zero-order chi connectivity index (χ0) is 45.9. The lowest BCUT2D eigenvalue weighted by Gasteiger charge is -2.26. The molecule has 1 aromatic rings. The van der Waals surface area contributed by atoms with Crippen molar-refractivity contribution in [3.05, 3.63) is 11.9 Å². The van der Waals surface area contributed by atoms with Gasteiger partial charge in [-0.15, -0.1) is 5.10 Å². The number of unbranched alkanes of at least 4 members (excludes halogenated alkanes) is 1. The molecule has 0 saturated heterocycles. The maximum absolute atomic E-state index is 12.0. The lowest BCUT2D eigenvalue weighted by atomic mass is 10.2. The van der Waals surface area contributed by atoms with Crippen LogP contribution < -0.4 is 10.6 Å². The van der Waals surface area contributed by atoms with E-state index in [2.05, 4.69) is 20.9 Å². The summed E-state index contributed by atoms with van der Waals surface area (Å²) in [5, 5.41) is 41.4. The van der Waals surface area contributed by atoms with Gasteiger partial charge in [0.1, 0.15) is 11.8 Å². The molecule has 0 aromatic carbocycles. The molecule has 0 bridgehead atoms. The van der Waals surface area contributed by atoms with Crippen molar-refractivity contribution in [2.24, 2.45) is 0 Å². The lowest BCUT2D eigenvalue weighted by Crippen LogP contribution is -2.48. The number of hydrogen-bond donors (Lipinski definition) is 5. The van der Waals surface area contributed by atoms with Gasteiger partial charge in [-0.25, -0.2) is 4.68 Å². The third-order valence-electron chi connectivity index (χ3n) is 8.21. The van der Waals surface area contributed by atoms with E-state index in [4.69, 9.17) is 66.7 Å². The van der Waals surface area contributed by atoms with Crippen molar-refractivity contribution in [2.45, 2.75) is 77.9 Å². The summed E-state index contributed by atoms with van der Waals surface area (Å²) in [5.41, 5.74) is 0.532. The minimum Gasteiger partial charge on any atom is -0.390 e. The van der Waals surface area contributed by atoms with E-state index in [0.29, 0.717) is 190 Å². The Hall–Kier alpha value is -2.56. The molecular weight excluding hydrogens is 838 g/mol. The number of carbonyl (C=O) groups is 2. The third-order valence-corrected chi connectivity index (χ3v) is 8.21. The highest BCUT2D eigenvalue weighted by Gasteiger charge is 2.25. The summed E-state index contributed by atoms with van der Waals surface area (Å²) in [4.78, 5) is 23.0. The Labute approximate surface area is 371 Å². The topological polar surface area (TPSA) is 270 Å². The highest BCUT2D eigenvalue weighted by atomic mass is 16.7. The largest absolute Gasteiger partial charge is 0.390 e. The molecule has 4 atom stereocenters. The lowest BCUT2D eigenvalue weighted by molar-refractivity contribution is -0.192. The molecule has 370 valence electrons. The van der Waals surface area contributed by atoms with Gasteiger partial charge in [-0.2, -0.15) is 0 Å². The zero-order valence-electron chi connectivity index (χ0n) is 37.7. The van der Waals surface area contributed by atoms with Crippen molar-refractivity contribution in [3.8, 4) is 0 Å². The highest BCUT2D eigenvalue weighted by Crippen LogP contribution is 2.08. The van der Waals surface area contributed by atoms with Gasteiger partial charge < -0.3 is 87.5 Å².